The number of aliphatic carboxylic acids is 1. The first-order valence-electron chi connectivity index (χ1n) is 13.2. The van der Waals surface area contributed by atoms with Crippen LogP contribution in [0.1, 0.15) is 42.9 Å². The van der Waals surface area contributed by atoms with Crippen molar-refractivity contribution >= 4 is 23.9 Å². The van der Waals surface area contributed by atoms with E-state index in [-0.39, 0.29) is 51.3 Å². The van der Waals surface area contributed by atoms with Crippen molar-refractivity contribution in [1.82, 2.24) is 30.1 Å². The Bertz CT molecular complexity index is 1170. The molecular formula is C27H36N6O7. The van der Waals surface area contributed by atoms with E-state index < -0.39 is 30.0 Å². The Balaban J connectivity index is 1.77. The maximum absolute atomic E-state index is 13.4. The van der Waals surface area contributed by atoms with Crippen LogP contribution in [0.3, 0.4) is 0 Å². The molecule has 1 aromatic heterocycles. The number of hydroxylamine groups is 2. The number of carboxylic acids is 1. The molecule has 13 heteroatoms. The monoisotopic (exact) mass is 556 g/mol. The fraction of sp³-hybridized carbons (Fsp3) is 0.481. The third-order valence-corrected chi connectivity index (χ3v) is 6.28. The van der Waals surface area contributed by atoms with E-state index in [2.05, 4.69) is 15.3 Å². The number of carboxylic acid groups (broad SMARTS) is 1. The number of hydrogen-bond acceptors (Lipinski definition) is 10. The molecule has 2 amide bonds. The average molecular weight is 557 g/mol. The van der Waals surface area contributed by atoms with E-state index in [0.717, 1.165) is 12.1 Å². The number of aromatic nitrogens is 2. The van der Waals surface area contributed by atoms with E-state index in [1.165, 1.54) is 9.96 Å². The van der Waals surface area contributed by atoms with Crippen LogP contribution in [0.25, 0.3) is 11.4 Å². The summed E-state index contributed by atoms with van der Waals surface area (Å²) in [6.45, 7) is 6.03. The summed E-state index contributed by atoms with van der Waals surface area (Å²) in [5, 5.41) is 13.3. The fourth-order valence-electron chi connectivity index (χ4n) is 4.03. The van der Waals surface area contributed by atoms with Crippen LogP contribution < -0.4 is 5.32 Å². The molecule has 40 heavy (non-hydrogen) atoms. The van der Waals surface area contributed by atoms with Crippen molar-refractivity contribution in [1.29, 1.82) is 0 Å². The smallest absolute Gasteiger partial charge is 0.481 e. The maximum Gasteiger partial charge on any atom is 0.527 e. The number of amides is 2. The third kappa shape index (κ3) is 8.99. The summed E-state index contributed by atoms with van der Waals surface area (Å²) < 4.78 is 4.77. The lowest BCUT2D eigenvalue weighted by Crippen LogP contribution is -2.55. The number of nitrogens with one attached hydrogen (secondary N) is 1. The zero-order chi connectivity index (χ0) is 29.1. The van der Waals surface area contributed by atoms with E-state index in [1.54, 1.807) is 13.0 Å². The quantitative estimate of drug-likeness (QED) is 0.368. The van der Waals surface area contributed by atoms with E-state index in [9.17, 15) is 24.3 Å². The van der Waals surface area contributed by atoms with Crippen molar-refractivity contribution in [3.05, 3.63) is 47.8 Å². The van der Waals surface area contributed by atoms with Crippen molar-refractivity contribution in [2.75, 3.05) is 46.4 Å². The number of rotatable bonds is 12. The minimum absolute atomic E-state index is 0.0779. The SMILES string of the molecule is CCOC(=O)ON1CCN(C(=O)[C@H](CCC(=O)O)NC(=O)c2cc(CN(C)CC)nc(-c3ccccc3)n2)CC1. The lowest BCUT2D eigenvalue weighted by Gasteiger charge is -2.35. The van der Waals surface area contributed by atoms with Gasteiger partial charge >= 0.3 is 12.1 Å². The molecule has 0 spiro atoms. The molecule has 0 bridgehead atoms. The normalized spacial score (nSPS) is 14.4. The average Bonchev–Trinajstić information content (AvgIpc) is 2.95. The molecule has 1 aliphatic rings. The molecule has 2 aromatic rings. The number of nitrogens with zero attached hydrogens (tertiary/aromatic N) is 5. The molecule has 0 saturated carbocycles. The van der Waals surface area contributed by atoms with E-state index in [1.807, 2.05) is 49.2 Å². The van der Waals surface area contributed by atoms with Crippen LogP contribution in [0, 0.1) is 0 Å². The van der Waals surface area contributed by atoms with Crippen LogP contribution >= 0.6 is 0 Å². The molecule has 216 valence electrons. The van der Waals surface area contributed by atoms with Gasteiger partial charge in [-0.25, -0.2) is 14.8 Å². The van der Waals surface area contributed by atoms with Crippen molar-refractivity contribution in [2.45, 2.75) is 39.3 Å². The Morgan fingerprint density at radius 3 is 2.40 bits per heavy atom. The first kappa shape index (κ1) is 30.4. The van der Waals surface area contributed by atoms with E-state index in [4.69, 9.17) is 9.57 Å². The standard InChI is InChI=1S/C27H36N6O7/c1-4-31(3)18-20-17-22(29-24(28-20)19-9-7-6-8-10-19)25(36)30-21(11-12-23(34)35)26(37)32-13-15-33(16-14-32)40-27(38)39-5-2/h6-10,17,21H,4-5,11-16,18H2,1-3H3,(H,30,36)(H,34,35)/t21-/m0/s1. The van der Waals surface area contributed by atoms with Crippen LogP contribution in [0.15, 0.2) is 36.4 Å². The third-order valence-electron chi connectivity index (χ3n) is 6.28. The molecule has 0 radical (unpaired) electrons. The number of piperazine rings is 1. The highest BCUT2D eigenvalue weighted by atomic mass is 16.8. The number of carbonyl (C=O) groups is 4. The summed E-state index contributed by atoms with van der Waals surface area (Å²) in [7, 11) is 1.93. The maximum atomic E-state index is 13.4. The summed E-state index contributed by atoms with van der Waals surface area (Å²) in [5.41, 5.74) is 1.45. The summed E-state index contributed by atoms with van der Waals surface area (Å²) in [6.07, 6.45) is -1.23. The van der Waals surface area contributed by atoms with Gasteiger partial charge in [0.25, 0.3) is 5.91 Å². The summed E-state index contributed by atoms with van der Waals surface area (Å²) in [4.78, 5) is 67.4. The molecule has 0 unspecified atom stereocenters. The highest BCUT2D eigenvalue weighted by Gasteiger charge is 2.31. The first-order valence-corrected chi connectivity index (χ1v) is 13.2. The second kappa shape index (κ2) is 14.9. The molecule has 1 fully saturated rings. The Labute approximate surface area is 233 Å². The summed E-state index contributed by atoms with van der Waals surface area (Å²) >= 11 is 0. The molecule has 2 heterocycles. The summed E-state index contributed by atoms with van der Waals surface area (Å²) in [5.74, 6) is -1.74. The van der Waals surface area contributed by atoms with Crippen LogP contribution in [-0.2, 0) is 25.7 Å². The predicted molar refractivity (Wildman–Crippen MR) is 144 cm³/mol. The van der Waals surface area contributed by atoms with Crippen LogP contribution in [0.2, 0.25) is 0 Å². The highest BCUT2D eigenvalue weighted by molar-refractivity contribution is 5.96. The summed E-state index contributed by atoms with van der Waals surface area (Å²) in [6, 6.07) is 9.75. The van der Waals surface area contributed by atoms with Crippen molar-refractivity contribution in [3.8, 4) is 11.4 Å². The molecule has 3 rings (SSSR count). The van der Waals surface area contributed by atoms with Gasteiger partial charge in [0.2, 0.25) is 5.91 Å². The van der Waals surface area contributed by atoms with Crippen LogP contribution in [-0.4, -0.2) is 106 Å². The Morgan fingerprint density at radius 2 is 1.77 bits per heavy atom. The lowest BCUT2D eigenvalue weighted by atomic mass is 10.1. The molecule has 13 nitrogen and oxygen atoms in total. The van der Waals surface area contributed by atoms with Crippen molar-refractivity contribution in [2.24, 2.45) is 0 Å². The van der Waals surface area contributed by atoms with E-state index in [0.29, 0.717) is 18.1 Å². The van der Waals surface area contributed by atoms with Crippen molar-refractivity contribution < 1.29 is 33.9 Å². The zero-order valence-corrected chi connectivity index (χ0v) is 23.0. The highest BCUT2D eigenvalue weighted by Crippen LogP contribution is 2.17. The molecule has 1 atom stereocenters. The zero-order valence-electron chi connectivity index (χ0n) is 23.0. The van der Waals surface area contributed by atoms with E-state index >= 15 is 0 Å². The van der Waals surface area contributed by atoms with Crippen LogP contribution in [0.5, 0.6) is 0 Å². The predicted octanol–water partition coefficient (Wildman–Crippen LogP) is 1.79. The Kier molecular flexibility index (Phi) is 11.3. The molecule has 1 saturated heterocycles. The van der Waals surface area contributed by atoms with Gasteiger partial charge in [0, 0.05) is 31.6 Å². The van der Waals surface area contributed by atoms with Gasteiger partial charge in [-0.3, -0.25) is 14.4 Å². The molecule has 1 aromatic carbocycles. The first-order chi connectivity index (χ1) is 19.2. The number of benzene rings is 1. The Hall–Kier alpha value is -4.10. The minimum atomic E-state index is -1.09. The second-order valence-electron chi connectivity index (χ2n) is 9.25. The Morgan fingerprint density at radius 1 is 1.07 bits per heavy atom. The number of hydrogen-bond donors (Lipinski definition) is 2. The van der Waals surface area contributed by atoms with Gasteiger partial charge in [-0.2, -0.15) is 0 Å². The van der Waals surface area contributed by atoms with Gasteiger partial charge in [0.15, 0.2) is 5.82 Å². The minimum Gasteiger partial charge on any atom is -0.481 e. The molecule has 2 N–H and O–H groups in total. The largest absolute Gasteiger partial charge is 0.527 e. The number of carbonyl (C=O) groups excluding carboxylic acids is 3. The van der Waals surface area contributed by atoms with Crippen molar-refractivity contribution in [3.63, 3.8) is 0 Å². The van der Waals surface area contributed by atoms with Gasteiger partial charge in [0.05, 0.1) is 25.4 Å². The van der Waals surface area contributed by atoms with Gasteiger partial charge in [-0.1, -0.05) is 37.3 Å². The fourth-order valence-corrected chi connectivity index (χ4v) is 4.03. The topological polar surface area (TPSA) is 154 Å². The van der Waals surface area contributed by atoms with Gasteiger partial charge in [-0.05, 0) is 33.0 Å². The second-order valence-corrected chi connectivity index (χ2v) is 9.25. The lowest BCUT2D eigenvalue weighted by molar-refractivity contribution is -0.157. The van der Waals surface area contributed by atoms with Crippen LogP contribution in [0.4, 0.5) is 4.79 Å². The molecule has 0 aliphatic carbocycles. The van der Waals surface area contributed by atoms with Gasteiger partial charge < -0.3 is 29.8 Å². The molecule has 1 aliphatic heterocycles. The molecular weight excluding hydrogens is 520 g/mol. The van der Waals surface area contributed by atoms with Gasteiger partial charge in [0.1, 0.15) is 11.7 Å². The number of ether oxygens (including phenoxy) is 1. The van der Waals surface area contributed by atoms with Gasteiger partial charge in [-0.15, -0.1) is 5.06 Å².